The highest BCUT2D eigenvalue weighted by molar-refractivity contribution is 5.44. The predicted molar refractivity (Wildman–Crippen MR) is 66.1 cm³/mol. The van der Waals surface area contributed by atoms with Gasteiger partial charge in [-0.25, -0.2) is 9.97 Å². The van der Waals surface area contributed by atoms with Gasteiger partial charge in [0.15, 0.2) is 0 Å². The first-order valence-corrected chi connectivity index (χ1v) is 5.40. The molecule has 0 aromatic carbocycles. The molecule has 0 aliphatic carbocycles. The summed E-state index contributed by atoms with van der Waals surface area (Å²) < 4.78 is 0. The summed E-state index contributed by atoms with van der Waals surface area (Å²) >= 11 is 0. The smallest absolute Gasteiger partial charge is 0.125 e. The van der Waals surface area contributed by atoms with Gasteiger partial charge in [0, 0.05) is 24.3 Å². The molecule has 0 fully saturated rings. The number of hydrogen-bond donors (Lipinski definition) is 2. The Balaban J connectivity index is 2.17. The van der Waals surface area contributed by atoms with Gasteiger partial charge in [-0.05, 0) is 31.0 Å². The number of aryl methyl sites for hydroxylation is 1. The molecule has 1 atom stereocenters. The van der Waals surface area contributed by atoms with Gasteiger partial charge in [0.2, 0.25) is 0 Å². The van der Waals surface area contributed by atoms with Crippen molar-refractivity contribution in [2.45, 2.75) is 19.4 Å². The van der Waals surface area contributed by atoms with Crippen LogP contribution in [0.2, 0.25) is 0 Å². The molecule has 88 valence electrons. The van der Waals surface area contributed by atoms with Crippen molar-refractivity contribution in [3.8, 4) is 0 Å². The number of nitrogens with two attached hydrogens (primary N) is 2. The van der Waals surface area contributed by atoms with E-state index >= 15 is 0 Å². The normalized spacial score (nSPS) is 12.4. The number of pyridine rings is 1. The summed E-state index contributed by atoms with van der Waals surface area (Å²) in [7, 11) is 0. The molecule has 0 spiro atoms. The first-order chi connectivity index (χ1) is 8.16. The van der Waals surface area contributed by atoms with Crippen LogP contribution in [0.4, 0.5) is 5.69 Å². The van der Waals surface area contributed by atoms with Crippen molar-refractivity contribution in [1.82, 2.24) is 15.0 Å². The molecule has 2 aromatic heterocycles. The molecular weight excluding hydrogens is 214 g/mol. The highest BCUT2D eigenvalue weighted by atomic mass is 14.9. The number of anilines is 1. The van der Waals surface area contributed by atoms with Crippen molar-refractivity contribution in [1.29, 1.82) is 0 Å². The molecule has 0 saturated carbocycles. The van der Waals surface area contributed by atoms with Crippen LogP contribution in [0.3, 0.4) is 0 Å². The first-order valence-electron chi connectivity index (χ1n) is 5.40. The summed E-state index contributed by atoms with van der Waals surface area (Å²) in [6, 6.07) is 3.40. The van der Waals surface area contributed by atoms with E-state index in [1.807, 2.05) is 13.0 Å². The third-order valence-corrected chi connectivity index (χ3v) is 2.56. The van der Waals surface area contributed by atoms with Gasteiger partial charge in [-0.15, -0.1) is 0 Å². The number of hydrogen-bond acceptors (Lipinski definition) is 5. The van der Waals surface area contributed by atoms with Gasteiger partial charge in [-0.3, -0.25) is 4.98 Å². The average Bonchev–Trinajstić information content (AvgIpc) is 2.32. The second kappa shape index (κ2) is 4.88. The van der Waals surface area contributed by atoms with E-state index in [-0.39, 0.29) is 6.04 Å². The molecule has 0 bridgehead atoms. The highest BCUT2D eigenvalue weighted by Gasteiger charge is 2.10. The van der Waals surface area contributed by atoms with E-state index in [4.69, 9.17) is 11.5 Å². The van der Waals surface area contributed by atoms with Crippen LogP contribution in [0.15, 0.2) is 30.7 Å². The molecule has 5 heteroatoms. The Morgan fingerprint density at radius 2 is 2.12 bits per heavy atom. The minimum atomic E-state index is -0.191. The maximum atomic E-state index is 6.09. The molecule has 2 aromatic rings. The Morgan fingerprint density at radius 1 is 1.29 bits per heavy atom. The van der Waals surface area contributed by atoms with Gasteiger partial charge in [-0.1, -0.05) is 0 Å². The summed E-state index contributed by atoms with van der Waals surface area (Å²) in [6.45, 7) is 1.84. The summed E-state index contributed by atoms with van der Waals surface area (Å²) in [4.78, 5) is 12.4. The Kier molecular flexibility index (Phi) is 3.30. The lowest BCUT2D eigenvalue weighted by atomic mass is 10.0. The van der Waals surface area contributed by atoms with Crippen LogP contribution in [0, 0.1) is 6.92 Å². The van der Waals surface area contributed by atoms with Crippen LogP contribution >= 0.6 is 0 Å². The number of rotatable bonds is 3. The van der Waals surface area contributed by atoms with E-state index in [9.17, 15) is 0 Å². The summed E-state index contributed by atoms with van der Waals surface area (Å²) in [5, 5.41) is 0. The fraction of sp³-hybridized carbons (Fsp3) is 0.250. The fourth-order valence-electron chi connectivity index (χ4n) is 1.63. The molecule has 2 rings (SSSR count). The number of nitrogen functional groups attached to an aromatic ring is 1. The average molecular weight is 229 g/mol. The van der Waals surface area contributed by atoms with Gasteiger partial charge in [0.1, 0.15) is 5.82 Å². The van der Waals surface area contributed by atoms with Gasteiger partial charge in [0.05, 0.1) is 11.7 Å². The van der Waals surface area contributed by atoms with Crippen LogP contribution in [-0.4, -0.2) is 15.0 Å². The van der Waals surface area contributed by atoms with E-state index < -0.39 is 0 Å². The lowest BCUT2D eigenvalue weighted by molar-refractivity contribution is 0.687. The van der Waals surface area contributed by atoms with Crippen molar-refractivity contribution in [2.75, 3.05) is 5.73 Å². The zero-order valence-electron chi connectivity index (χ0n) is 9.67. The van der Waals surface area contributed by atoms with Crippen molar-refractivity contribution in [3.05, 3.63) is 47.8 Å². The van der Waals surface area contributed by atoms with Gasteiger partial charge >= 0.3 is 0 Å². The van der Waals surface area contributed by atoms with Crippen LogP contribution in [0.25, 0.3) is 0 Å². The predicted octanol–water partition coefficient (Wildman–Crippen LogP) is 1.00. The topological polar surface area (TPSA) is 90.7 Å². The SMILES string of the molecule is Cc1nccc(C(N)Cc2cnccc2N)n1. The Hall–Kier alpha value is -2.01. The number of aromatic nitrogens is 3. The lowest BCUT2D eigenvalue weighted by Crippen LogP contribution is -2.16. The Morgan fingerprint density at radius 3 is 2.82 bits per heavy atom. The van der Waals surface area contributed by atoms with Crippen LogP contribution in [-0.2, 0) is 6.42 Å². The molecule has 5 nitrogen and oxygen atoms in total. The molecule has 17 heavy (non-hydrogen) atoms. The molecule has 0 radical (unpaired) electrons. The summed E-state index contributed by atoms with van der Waals surface area (Å²) in [5.74, 6) is 0.720. The van der Waals surface area contributed by atoms with E-state index in [1.54, 1.807) is 24.7 Å². The Labute approximate surface area is 99.9 Å². The van der Waals surface area contributed by atoms with Gasteiger partial charge in [-0.2, -0.15) is 0 Å². The second-order valence-electron chi connectivity index (χ2n) is 3.91. The van der Waals surface area contributed by atoms with E-state index in [0.717, 1.165) is 17.1 Å². The lowest BCUT2D eigenvalue weighted by Gasteiger charge is -2.12. The van der Waals surface area contributed by atoms with E-state index in [2.05, 4.69) is 15.0 Å². The van der Waals surface area contributed by atoms with Crippen LogP contribution < -0.4 is 11.5 Å². The van der Waals surface area contributed by atoms with E-state index in [0.29, 0.717) is 12.1 Å². The van der Waals surface area contributed by atoms with Gasteiger partial charge in [0.25, 0.3) is 0 Å². The standard InChI is InChI=1S/C12H15N5/c1-8-16-5-3-12(17-8)11(14)6-9-7-15-4-2-10(9)13/h2-5,7,11H,6,14H2,1H3,(H2,13,15). The zero-order chi connectivity index (χ0) is 12.3. The zero-order valence-corrected chi connectivity index (χ0v) is 9.67. The van der Waals surface area contributed by atoms with Crippen molar-refractivity contribution >= 4 is 5.69 Å². The van der Waals surface area contributed by atoms with Crippen molar-refractivity contribution in [3.63, 3.8) is 0 Å². The maximum Gasteiger partial charge on any atom is 0.125 e. The molecule has 2 heterocycles. The van der Waals surface area contributed by atoms with Crippen LogP contribution in [0.1, 0.15) is 23.1 Å². The molecule has 0 aliphatic rings. The highest BCUT2D eigenvalue weighted by Crippen LogP contribution is 2.17. The van der Waals surface area contributed by atoms with Gasteiger partial charge < -0.3 is 11.5 Å². The Bertz CT molecular complexity index is 512. The largest absolute Gasteiger partial charge is 0.398 e. The molecule has 1 unspecified atom stereocenters. The number of nitrogens with zero attached hydrogens (tertiary/aromatic N) is 3. The first kappa shape index (κ1) is 11.5. The monoisotopic (exact) mass is 229 g/mol. The fourth-order valence-corrected chi connectivity index (χ4v) is 1.63. The molecule has 0 saturated heterocycles. The van der Waals surface area contributed by atoms with Crippen molar-refractivity contribution in [2.24, 2.45) is 5.73 Å². The molecular formula is C12H15N5. The third-order valence-electron chi connectivity index (χ3n) is 2.56. The molecule has 0 amide bonds. The minimum absolute atomic E-state index is 0.191. The molecule has 4 N–H and O–H groups in total. The maximum absolute atomic E-state index is 6.09. The van der Waals surface area contributed by atoms with Crippen molar-refractivity contribution < 1.29 is 0 Å². The van der Waals surface area contributed by atoms with E-state index in [1.165, 1.54) is 0 Å². The summed E-state index contributed by atoms with van der Waals surface area (Å²) in [5.41, 5.74) is 14.4. The van der Waals surface area contributed by atoms with Crippen LogP contribution in [0.5, 0.6) is 0 Å². The molecule has 0 aliphatic heterocycles. The third kappa shape index (κ3) is 2.76. The summed E-state index contributed by atoms with van der Waals surface area (Å²) in [6.07, 6.45) is 5.74. The quantitative estimate of drug-likeness (QED) is 0.819. The second-order valence-corrected chi connectivity index (χ2v) is 3.91. The minimum Gasteiger partial charge on any atom is -0.398 e.